The number of para-hydroxylation sites is 2. The fourth-order valence-electron chi connectivity index (χ4n) is 6.43. The standard InChI is InChI=1S/C26H33ClN.C10H13O.ClH.Ru/c1-17(2)19-9-7-10-20(18(3)4)24(19)28-16-26(15-25(28,5)6)14-13-21-22(26)11-8-12-23(21)27;1-8(2)11-10-7-5-4-6-9(10)3;;/h7-12,16-18H,13-15H2,1-6H3;4-8H,3H2,1-2H3;1H;/q2*-1;;+3/p-1. The number of fused-ring (bicyclic) bond motifs is 2. The van der Waals surface area contributed by atoms with Crippen LogP contribution in [0, 0.1) is 13.5 Å². The van der Waals surface area contributed by atoms with Crippen LogP contribution in [0.1, 0.15) is 108 Å². The Hall–Kier alpha value is -1.67. The fraction of sp³-hybridized carbons (Fsp3) is 0.444. The van der Waals surface area contributed by atoms with Crippen LogP contribution in [-0.2, 0) is 29.1 Å². The molecule has 3 aromatic rings. The SMILES string of the molecule is CC(C)c1cccc(C(C)C)c1N1[CH-]C2(CCc3c(Cl)cccc32)CC1(C)C.[CH2-]c1ccccc1OC(C)C.[Cl][Ru+2]. The van der Waals surface area contributed by atoms with E-state index in [0.717, 1.165) is 35.6 Å². The van der Waals surface area contributed by atoms with Crippen molar-refractivity contribution in [3.8, 4) is 5.75 Å². The first-order chi connectivity index (χ1) is 19.4. The molecular formula is C36H46Cl2NORu. The minimum atomic E-state index is 0.0680. The van der Waals surface area contributed by atoms with Gasteiger partial charge in [0.15, 0.2) is 0 Å². The van der Waals surface area contributed by atoms with Crippen LogP contribution in [0.4, 0.5) is 5.69 Å². The van der Waals surface area contributed by atoms with E-state index in [9.17, 15) is 0 Å². The molecule has 3 aromatic carbocycles. The van der Waals surface area contributed by atoms with E-state index in [1.54, 1.807) is 0 Å². The van der Waals surface area contributed by atoms with Gasteiger partial charge in [0.1, 0.15) is 0 Å². The van der Waals surface area contributed by atoms with Gasteiger partial charge in [-0.25, -0.2) is 6.54 Å². The molecular weight excluding hydrogens is 634 g/mol. The van der Waals surface area contributed by atoms with E-state index >= 15 is 0 Å². The van der Waals surface area contributed by atoms with E-state index in [1.165, 1.54) is 27.9 Å². The zero-order chi connectivity index (χ0) is 30.5. The van der Waals surface area contributed by atoms with Gasteiger partial charge in [0.05, 0.1) is 6.10 Å². The van der Waals surface area contributed by atoms with Crippen LogP contribution in [0.25, 0.3) is 0 Å². The molecule has 0 N–H and O–H groups in total. The summed E-state index contributed by atoms with van der Waals surface area (Å²) in [6.45, 7) is 24.5. The fourth-order valence-corrected chi connectivity index (χ4v) is 6.70. The van der Waals surface area contributed by atoms with Crippen molar-refractivity contribution in [2.45, 2.75) is 104 Å². The van der Waals surface area contributed by atoms with Gasteiger partial charge in [0.2, 0.25) is 0 Å². The summed E-state index contributed by atoms with van der Waals surface area (Å²) in [5.74, 6) is 1.88. The Balaban J connectivity index is 0.000000299. The number of nitrogens with zero attached hydrogens (tertiary/aromatic N) is 1. The summed E-state index contributed by atoms with van der Waals surface area (Å²) in [5.41, 5.74) is 8.27. The number of halogens is 2. The summed E-state index contributed by atoms with van der Waals surface area (Å²) in [5, 5.41) is 0.935. The van der Waals surface area contributed by atoms with Crippen LogP contribution in [-0.4, -0.2) is 11.6 Å². The number of hydrogen-bond acceptors (Lipinski definition) is 2. The van der Waals surface area contributed by atoms with E-state index in [4.69, 9.17) is 16.3 Å². The predicted molar refractivity (Wildman–Crippen MR) is 174 cm³/mol. The van der Waals surface area contributed by atoms with Gasteiger partial charge in [0.25, 0.3) is 0 Å². The van der Waals surface area contributed by atoms with Crippen molar-refractivity contribution < 1.29 is 22.0 Å². The van der Waals surface area contributed by atoms with Gasteiger partial charge in [-0.2, -0.15) is 18.6 Å². The number of ether oxygens (including phenoxy) is 1. The van der Waals surface area contributed by atoms with Gasteiger partial charge in [-0.3, -0.25) is 0 Å². The Labute approximate surface area is 268 Å². The summed E-state index contributed by atoms with van der Waals surface area (Å²) >= 11 is 8.38. The Morgan fingerprint density at radius 1 is 0.878 bits per heavy atom. The average molecular weight is 681 g/mol. The number of hydrogen-bond donors (Lipinski definition) is 0. The van der Waals surface area contributed by atoms with Gasteiger partial charge in [-0.15, -0.1) is 11.5 Å². The van der Waals surface area contributed by atoms with Crippen LogP contribution < -0.4 is 9.64 Å². The molecule has 223 valence electrons. The van der Waals surface area contributed by atoms with Crippen LogP contribution in [0.2, 0.25) is 5.02 Å². The molecule has 5 rings (SSSR count). The van der Waals surface area contributed by atoms with Gasteiger partial charge in [-0.05, 0) is 75.1 Å². The first-order valence-corrected chi connectivity index (χ1v) is 17.2. The molecule has 41 heavy (non-hydrogen) atoms. The topological polar surface area (TPSA) is 12.5 Å². The molecule has 1 atom stereocenters. The number of rotatable bonds is 5. The molecule has 1 saturated heterocycles. The molecule has 1 unspecified atom stereocenters. The summed E-state index contributed by atoms with van der Waals surface area (Å²) < 4.78 is 5.48. The minimum absolute atomic E-state index is 0.0680. The van der Waals surface area contributed by atoms with E-state index in [2.05, 4.69) is 99.9 Å². The molecule has 0 saturated carbocycles. The third-order valence-electron chi connectivity index (χ3n) is 8.17. The maximum absolute atomic E-state index is 6.56. The molecule has 0 aromatic heterocycles. The average Bonchev–Trinajstić information content (AvgIpc) is 3.42. The monoisotopic (exact) mass is 680 g/mol. The van der Waals surface area contributed by atoms with Gasteiger partial charge in [-0.1, -0.05) is 93.7 Å². The zero-order valence-electron chi connectivity index (χ0n) is 25.9. The van der Waals surface area contributed by atoms with Gasteiger partial charge in [0, 0.05) is 22.0 Å². The molecule has 5 heteroatoms. The summed E-state index contributed by atoms with van der Waals surface area (Å²) in [4.78, 5) is 2.62. The first-order valence-electron chi connectivity index (χ1n) is 14.6. The van der Waals surface area contributed by atoms with Crippen molar-refractivity contribution in [2.24, 2.45) is 0 Å². The second-order valence-electron chi connectivity index (χ2n) is 12.8. The van der Waals surface area contributed by atoms with Crippen molar-refractivity contribution in [3.05, 3.63) is 107 Å². The number of benzene rings is 3. The summed E-state index contributed by atoms with van der Waals surface area (Å²) in [7, 11) is 4.57. The predicted octanol–water partition coefficient (Wildman–Crippen LogP) is 11.0. The zero-order valence-corrected chi connectivity index (χ0v) is 29.1. The van der Waals surface area contributed by atoms with Gasteiger partial charge >= 0.3 is 27.0 Å². The maximum atomic E-state index is 6.56. The van der Waals surface area contributed by atoms with E-state index in [1.807, 2.05) is 61.5 Å². The molecule has 0 bridgehead atoms. The molecule has 2 aliphatic rings. The van der Waals surface area contributed by atoms with E-state index in [0.29, 0.717) is 11.8 Å². The van der Waals surface area contributed by atoms with Crippen molar-refractivity contribution in [1.82, 2.24) is 0 Å². The molecule has 1 aliphatic heterocycles. The molecule has 1 heterocycles. The van der Waals surface area contributed by atoms with Gasteiger partial charge < -0.3 is 9.64 Å². The summed E-state index contributed by atoms with van der Waals surface area (Å²) in [6, 6.07) is 21.1. The Kier molecular flexibility index (Phi) is 11.7. The normalized spacial score (nSPS) is 18.7. The van der Waals surface area contributed by atoms with Crippen molar-refractivity contribution in [1.29, 1.82) is 0 Å². The van der Waals surface area contributed by atoms with Crippen molar-refractivity contribution >= 4 is 27.0 Å². The van der Waals surface area contributed by atoms with Crippen LogP contribution in [0.15, 0.2) is 60.7 Å². The molecule has 1 spiro atoms. The second kappa shape index (κ2) is 14.2. The molecule has 1 aliphatic carbocycles. The Bertz CT molecular complexity index is 1280. The molecule has 1 fully saturated rings. The number of anilines is 1. The van der Waals surface area contributed by atoms with Crippen LogP contribution >= 0.6 is 21.3 Å². The van der Waals surface area contributed by atoms with Crippen molar-refractivity contribution in [3.63, 3.8) is 0 Å². The van der Waals surface area contributed by atoms with E-state index < -0.39 is 0 Å². The Morgan fingerprint density at radius 3 is 2.02 bits per heavy atom. The first kappa shape index (κ1) is 33.8. The molecule has 0 radical (unpaired) electrons. The quantitative estimate of drug-likeness (QED) is 0.196. The third-order valence-corrected chi connectivity index (χ3v) is 8.53. The van der Waals surface area contributed by atoms with Crippen LogP contribution in [0.3, 0.4) is 0 Å². The Morgan fingerprint density at radius 2 is 1.46 bits per heavy atom. The van der Waals surface area contributed by atoms with Crippen LogP contribution in [0.5, 0.6) is 5.75 Å². The van der Waals surface area contributed by atoms with E-state index in [-0.39, 0.29) is 17.1 Å². The third kappa shape index (κ3) is 7.47. The second-order valence-corrected chi connectivity index (χ2v) is 13.2. The molecule has 2 nitrogen and oxygen atoms in total. The van der Waals surface area contributed by atoms with Crippen molar-refractivity contribution in [2.75, 3.05) is 4.90 Å². The summed E-state index contributed by atoms with van der Waals surface area (Å²) in [6.07, 6.45) is 3.60. The molecule has 0 amide bonds.